The highest BCUT2D eigenvalue weighted by Gasteiger charge is 2.08. The molecule has 0 aliphatic rings. The first-order valence-electron chi connectivity index (χ1n) is 8.37. The van der Waals surface area contributed by atoms with E-state index in [0.29, 0.717) is 6.61 Å². The van der Waals surface area contributed by atoms with E-state index < -0.39 is 0 Å². The predicted octanol–water partition coefficient (Wildman–Crippen LogP) is 3.00. The van der Waals surface area contributed by atoms with Gasteiger partial charge in [0.2, 0.25) is 5.91 Å². The van der Waals surface area contributed by atoms with E-state index in [1.807, 2.05) is 57.2 Å². The molecule has 0 radical (unpaired) electrons. The Morgan fingerprint density at radius 2 is 2.00 bits per heavy atom. The molecule has 3 rings (SSSR count). The zero-order valence-electron chi connectivity index (χ0n) is 15.1. The summed E-state index contributed by atoms with van der Waals surface area (Å²) in [4.78, 5) is 12.2. The molecule has 1 amide bonds. The fourth-order valence-corrected chi connectivity index (χ4v) is 2.62. The number of benzene rings is 2. The van der Waals surface area contributed by atoms with Crippen LogP contribution in [-0.2, 0) is 4.79 Å². The third-order valence-electron chi connectivity index (χ3n) is 4.22. The molecule has 0 fully saturated rings. The van der Waals surface area contributed by atoms with E-state index in [1.165, 1.54) is 11.9 Å². The molecule has 0 bridgehead atoms. The number of ether oxygens (including phenoxy) is 1. The smallest absolute Gasteiger partial charge is 0.227 e. The van der Waals surface area contributed by atoms with Crippen molar-refractivity contribution < 1.29 is 9.53 Å². The second-order valence-corrected chi connectivity index (χ2v) is 6.10. The summed E-state index contributed by atoms with van der Waals surface area (Å²) in [5, 5.41) is 14.0. The maximum absolute atomic E-state index is 12.2. The number of carbonyl (C=O) groups excluding carboxylic acids is 1. The summed E-state index contributed by atoms with van der Waals surface area (Å²) in [6.45, 7) is 6.32. The zero-order chi connectivity index (χ0) is 18.5. The van der Waals surface area contributed by atoms with Crippen molar-refractivity contribution in [2.75, 3.05) is 11.9 Å². The number of rotatable bonds is 6. The number of aromatic nitrogens is 4. The van der Waals surface area contributed by atoms with E-state index in [4.69, 9.17) is 4.74 Å². The lowest BCUT2D eigenvalue weighted by Gasteiger charge is -2.12. The van der Waals surface area contributed by atoms with Crippen LogP contribution in [0, 0.1) is 20.8 Å². The molecule has 0 spiro atoms. The summed E-state index contributed by atoms with van der Waals surface area (Å²) < 4.78 is 7.31. The number of carbonyl (C=O) groups is 1. The number of hydrogen-bond donors (Lipinski definition) is 1. The standard InChI is InChI=1S/C19H21N5O2/c1-13-5-4-6-18(15(13)3)26-10-9-19(25)21-16-7-8-17(14(2)11-16)24-12-20-22-23-24/h4-8,11-12H,9-10H2,1-3H3,(H,21,25). The van der Waals surface area contributed by atoms with Crippen LogP contribution in [0.25, 0.3) is 5.69 Å². The van der Waals surface area contributed by atoms with Crippen molar-refractivity contribution in [2.24, 2.45) is 0 Å². The number of nitrogens with one attached hydrogen (secondary N) is 1. The van der Waals surface area contributed by atoms with Crippen molar-refractivity contribution in [3.05, 3.63) is 59.4 Å². The first kappa shape index (κ1) is 17.6. The van der Waals surface area contributed by atoms with Gasteiger partial charge in [-0.05, 0) is 72.2 Å². The minimum absolute atomic E-state index is 0.0927. The fraction of sp³-hybridized carbons (Fsp3) is 0.263. The molecular weight excluding hydrogens is 330 g/mol. The molecule has 3 aromatic rings. The first-order valence-corrected chi connectivity index (χ1v) is 8.37. The van der Waals surface area contributed by atoms with Gasteiger partial charge in [-0.2, -0.15) is 0 Å². The van der Waals surface area contributed by atoms with Gasteiger partial charge in [0.25, 0.3) is 0 Å². The van der Waals surface area contributed by atoms with Crippen LogP contribution < -0.4 is 10.1 Å². The topological polar surface area (TPSA) is 81.9 Å². The van der Waals surface area contributed by atoms with Crippen molar-refractivity contribution in [3.8, 4) is 11.4 Å². The maximum Gasteiger partial charge on any atom is 0.227 e. The van der Waals surface area contributed by atoms with Crippen LogP contribution in [0.1, 0.15) is 23.1 Å². The molecular formula is C19H21N5O2. The molecule has 26 heavy (non-hydrogen) atoms. The molecule has 134 valence electrons. The van der Waals surface area contributed by atoms with Gasteiger partial charge in [0.15, 0.2) is 0 Å². The molecule has 2 aromatic carbocycles. The van der Waals surface area contributed by atoms with Crippen LogP contribution in [0.2, 0.25) is 0 Å². The largest absolute Gasteiger partial charge is 0.493 e. The van der Waals surface area contributed by atoms with Crippen LogP contribution in [0.15, 0.2) is 42.7 Å². The fourth-order valence-electron chi connectivity index (χ4n) is 2.62. The Morgan fingerprint density at radius 3 is 2.73 bits per heavy atom. The summed E-state index contributed by atoms with van der Waals surface area (Å²) in [5.74, 6) is 0.726. The van der Waals surface area contributed by atoms with Crippen LogP contribution in [0.4, 0.5) is 5.69 Å². The lowest BCUT2D eigenvalue weighted by molar-refractivity contribution is -0.116. The molecule has 0 unspecified atom stereocenters. The minimum Gasteiger partial charge on any atom is -0.493 e. The maximum atomic E-state index is 12.2. The first-order chi connectivity index (χ1) is 12.5. The second kappa shape index (κ2) is 7.77. The summed E-state index contributed by atoms with van der Waals surface area (Å²) >= 11 is 0. The highest BCUT2D eigenvalue weighted by molar-refractivity contribution is 5.91. The van der Waals surface area contributed by atoms with Gasteiger partial charge in [0.1, 0.15) is 12.1 Å². The summed E-state index contributed by atoms with van der Waals surface area (Å²) in [5.41, 5.74) is 4.83. The van der Waals surface area contributed by atoms with Gasteiger partial charge in [0.05, 0.1) is 18.7 Å². The predicted molar refractivity (Wildman–Crippen MR) is 98.5 cm³/mol. The Bertz CT molecular complexity index is 906. The highest BCUT2D eigenvalue weighted by atomic mass is 16.5. The van der Waals surface area contributed by atoms with Gasteiger partial charge in [-0.1, -0.05) is 12.1 Å². The molecule has 0 saturated heterocycles. The van der Waals surface area contributed by atoms with Gasteiger partial charge in [-0.3, -0.25) is 4.79 Å². The summed E-state index contributed by atoms with van der Waals surface area (Å²) in [7, 11) is 0. The molecule has 0 atom stereocenters. The van der Waals surface area contributed by atoms with Crippen molar-refractivity contribution >= 4 is 11.6 Å². The van der Waals surface area contributed by atoms with Gasteiger partial charge in [0, 0.05) is 5.69 Å². The molecule has 0 aliphatic carbocycles. The van der Waals surface area contributed by atoms with Gasteiger partial charge in [-0.15, -0.1) is 5.10 Å². The number of anilines is 1. The second-order valence-electron chi connectivity index (χ2n) is 6.10. The van der Waals surface area contributed by atoms with E-state index in [9.17, 15) is 4.79 Å². The zero-order valence-corrected chi connectivity index (χ0v) is 15.1. The van der Waals surface area contributed by atoms with Crippen LogP contribution >= 0.6 is 0 Å². The van der Waals surface area contributed by atoms with Crippen molar-refractivity contribution in [1.29, 1.82) is 0 Å². The number of tetrazole rings is 1. The van der Waals surface area contributed by atoms with Gasteiger partial charge < -0.3 is 10.1 Å². The Morgan fingerprint density at radius 1 is 1.15 bits per heavy atom. The molecule has 0 saturated carbocycles. The number of aryl methyl sites for hydroxylation is 2. The highest BCUT2D eigenvalue weighted by Crippen LogP contribution is 2.21. The lowest BCUT2D eigenvalue weighted by Crippen LogP contribution is -2.15. The number of amides is 1. The Hall–Kier alpha value is -3.22. The number of hydrogen-bond acceptors (Lipinski definition) is 5. The van der Waals surface area contributed by atoms with E-state index in [0.717, 1.165) is 28.3 Å². The van der Waals surface area contributed by atoms with E-state index in [1.54, 1.807) is 4.68 Å². The molecule has 1 heterocycles. The van der Waals surface area contributed by atoms with Crippen molar-refractivity contribution in [1.82, 2.24) is 20.2 Å². The van der Waals surface area contributed by atoms with E-state index in [-0.39, 0.29) is 12.3 Å². The quantitative estimate of drug-likeness (QED) is 0.738. The average molecular weight is 351 g/mol. The van der Waals surface area contributed by atoms with Crippen molar-refractivity contribution in [3.63, 3.8) is 0 Å². The van der Waals surface area contributed by atoms with Crippen molar-refractivity contribution in [2.45, 2.75) is 27.2 Å². The Labute approximate surface area is 152 Å². The van der Waals surface area contributed by atoms with Crippen LogP contribution in [-0.4, -0.2) is 32.7 Å². The van der Waals surface area contributed by atoms with E-state index >= 15 is 0 Å². The van der Waals surface area contributed by atoms with Crippen LogP contribution in [0.3, 0.4) is 0 Å². The summed E-state index contributed by atoms with van der Waals surface area (Å²) in [6.07, 6.45) is 1.81. The normalized spacial score (nSPS) is 10.6. The monoisotopic (exact) mass is 351 g/mol. The summed E-state index contributed by atoms with van der Waals surface area (Å²) in [6, 6.07) is 11.5. The average Bonchev–Trinajstić information content (AvgIpc) is 3.13. The van der Waals surface area contributed by atoms with Gasteiger partial charge >= 0.3 is 0 Å². The molecule has 7 heteroatoms. The molecule has 1 N–H and O–H groups in total. The third-order valence-corrected chi connectivity index (χ3v) is 4.22. The third kappa shape index (κ3) is 4.05. The SMILES string of the molecule is Cc1cc(NC(=O)CCOc2cccc(C)c2C)ccc1-n1cnnn1. The Balaban J connectivity index is 1.55. The van der Waals surface area contributed by atoms with Crippen LogP contribution in [0.5, 0.6) is 5.75 Å². The molecule has 1 aromatic heterocycles. The molecule has 0 aliphatic heterocycles. The Kier molecular flexibility index (Phi) is 5.26. The lowest BCUT2D eigenvalue weighted by atomic mass is 10.1. The van der Waals surface area contributed by atoms with Gasteiger partial charge in [-0.25, -0.2) is 4.68 Å². The minimum atomic E-state index is -0.0927. The molecule has 7 nitrogen and oxygen atoms in total. The number of nitrogens with zero attached hydrogens (tertiary/aromatic N) is 4. The van der Waals surface area contributed by atoms with E-state index in [2.05, 4.69) is 20.8 Å².